The zero-order chi connectivity index (χ0) is 56.3. The van der Waals surface area contributed by atoms with E-state index < -0.39 is 234 Å². The summed E-state index contributed by atoms with van der Waals surface area (Å²) >= 11 is 0. The maximum absolute atomic E-state index is 13.0. The van der Waals surface area contributed by atoms with Crippen LogP contribution in [0.5, 0.6) is 0 Å². The Kier molecular flexibility index (Phi) is 24.3. The smallest absolute Gasteiger partial charge is 0.335 e. The van der Waals surface area contributed by atoms with Gasteiger partial charge in [-0.3, -0.25) is 0 Å². The average molecular weight is 1110 g/mol. The van der Waals surface area contributed by atoms with E-state index in [1.807, 2.05) is 0 Å². The summed E-state index contributed by atoms with van der Waals surface area (Å²) in [7, 11) is 5.70. The molecular formula is C45H72O31. The molecular weight excluding hydrogens is 1040 g/mol. The second kappa shape index (κ2) is 29.1. The van der Waals surface area contributed by atoms with Crippen molar-refractivity contribution in [3.8, 4) is 0 Å². The van der Waals surface area contributed by atoms with Crippen molar-refractivity contribution in [1.82, 2.24) is 0 Å². The quantitative estimate of drug-likeness (QED) is 0.0298. The highest BCUT2D eigenvalue weighted by Gasteiger charge is 2.54. The van der Waals surface area contributed by atoms with Crippen LogP contribution in [0.3, 0.4) is 0 Å². The zero-order valence-electron chi connectivity index (χ0n) is 42.1. The van der Waals surface area contributed by atoms with Gasteiger partial charge in [0.2, 0.25) is 0 Å². The minimum absolute atomic E-state index is 0.177. The third kappa shape index (κ3) is 14.6. The van der Waals surface area contributed by atoms with Gasteiger partial charge in [0.15, 0.2) is 30.5 Å². The van der Waals surface area contributed by atoms with Gasteiger partial charge in [-0.15, -0.1) is 0 Å². The average Bonchev–Trinajstić information content (AvgIpc) is 3.40. The highest BCUT2D eigenvalue weighted by Crippen LogP contribution is 2.34. The largest absolute Gasteiger partial charge is 0.479 e. The SMILES string of the molecule is COCC1OC(C(=O)O)C(COCC2OC(C(=O)OC)C(COCC3OC(C(=O)OC)C(COCC4OC(C(=O)O)C(COCC5OC(C(=O)OC)C(COC)C(O)C5O)C(O)C4O)C(O)C3O)C(O)C2O)C(O)C1O. The number of carboxylic acids is 2. The summed E-state index contributed by atoms with van der Waals surface area (Å²) in [6.07, 6.45) is -32.2. The molecule has 5 saturated heterocycles. The number of esters is 3. The molecule has 0 aromatic rings. The lowest BCUT2D eigenvalue weighted by Crippen LogP contribution is -2.61. The van der Waals surface area contributed by atoms with Crippen LogP contribution in [-0.2, 0) is 90.3 Å². The maximum Gasteiger partial charge on any atom is 0.335 e. The summed E-state index contributed by atoms with van der Waals surface area (Å²) in [5.74, 6) is -12.5. The lowest BCUT2D eigenvalue weighted by Gasteiger charge is -2.44. The van der Waals surface area contributed by atoms with Crippen molar-refractivity contribution in [2.45, 2.75) is 122 Å². The van der Waals surface area contributed by atoms with Crippen LogP contribution in [-0.4, -0.2) is 315 Å². The molecule has 0 aromatic carbocycles. The minimum atomic E-state index is -1.83. The van der Waals surface area contributed by atoms with E-state index in [9.17, 15) is 85.3 Å². The van der Waals surface area contributed by atoms with E-state index in [0.717, 1.165) is 21.3 Å². The summed E-state index contributed by atoms with van der Waals surface area (Å²) in [6.45, 7) is -5.12. The predicted octanol–water partition coefficient (Wildman–Crippen LogP) is -8.44. The number of ether oxygens (including phenoxy) is 14. The van der Waals surface area contributed by atoms with Crippen LogP contribution in [0.15, 0.2) is 0 Å². The van der Waals surface area contributed by atoms with E-state index in [1.165, 1.54) is 14.2 Å². The van der Waals surface area contributed by atoms with Gasteiger partial charge in [-0.25, -0.2) is 24.0 Å². The summed E-state index contributed by atoms with van der Waals surface area (Å²) < 4.78 is 75.1. The number of aliphatic hydroxyl groups is 10. The molecule has 0 amide bonds. The molecule has 5 heterocycles. The van der Waals surface area contributed by atoms with Crippen molar-refractivity contribution < 1.29 is 152 Å². The fourth-order valence-electron chi connectivity index (χ4n) is 9.89. The summed E-state index contributed by atoms with van der Waals surface area (Å²) in [6, 6.07) is 0. The molecule has 25 unspecified atom stereocenters. The molecule has 12 N–H and O–H groups in total. The summed E-state index contributed by atoms with van der Waals surface area (Å²) in [5.41, 5.74) is 0. The Hall–Kier alpha value is -3.49. The van der Waals surface area contributed by atoms with Gasteiger partial charge in [-0.05, 0) is 0 Å². The van der Waals surface area contributed by atoms with Crippen molar-refractivity contribution >= 4 is 29.8 Å². The van der Waals surface area contributed by atoms with Gasteiger partial charge in [-0.1, -0.05) is 0 Å². The topological polar surface area (TPSA) is 457 Å². The van der Waals surface area contributed by atoms with Crippen LogP contribution in [0.1, 0.15) is 0 Å². The molecule has 0 radical (unpaired) electrons. The van der Waals surface area contributed by atoms with Crippen LogP contribution in [0.4, 0.5) is 0 Å². The van der Waals surface area contributed by atoms with Crippen molar-refractivity contribution in [1.29, 1.82) is 0 Å². The van der Waals surface area contributed by atoms with Crippen molar-refractivity contribution in [3.05, 3.63) is 0 Å². The van der Waals surface area contributed by atoms with E-state index in [-0.39, 0.29) is 13.2 Å². The monoisotopic (exact) mass is 1110 g/mol. The molecule has 0 spiro atoms. The molecule has 76 heavy (non-hydrogen) atoms. The minimum Gasteiger partial charge on any atom is -0.479 e. The van der Waals surface area contributed by atoms with E-state index in [2.05, 4.69) is 0 Å². The van der Waals surface area contributed by atoms with Crippen LogP contribution in [0.2, 0.25) is 0 Å². The number of methoxy groups -OCH3 is 5. The first kappa shape index (κ1) is 63.3. The van der Waals surface area contributed by atoms with Crippen LogP contribution in [0.25, 0.3) is 0 Å². The second-order valence-electron chi connectivity index (χ2n) is 19.0. The Morgan fingerprint density at radius 2 is 0.513 bits per heavy atom. The number of rotatable bonds is 25. The number of aliphatic carboxylic acids is 2. The molecule has 0 aliphatic carbocycles. The van der Waals surface area contributed by atoms with Gasteiger partial charge in [0, 0.05) is 43.8 Å². The molecule has 0 saturated carbocycles. The Labute approximate surface area is 434 Å². The predicted molar refractivity (Wildman–Crippen MR) is 239 cm³/mol. The fraction of sp³-hybridized carbons (Fsp3) is 0.889. The summed E-state index contributed by atoms with van der Waals surface area (Å²) in [5, 5.41) is 129. The molecule has 25 atom stereocenters. The molecule has 31 heteroatoms. The molecule has 0 aromatic heterocycles. The number of hydrogen-bond donors (Lipinski definition) is 12. The molecule has 31 nitrogen and oxygen atoms in total. The maximum atomic E-state index is 13.0. The number of hydrogen-bond acceptors (Lipinski definition) is 29. The Bertz CT molecular complexity index is 1860. The first-order valence-corrected chi connectivity index (χ1v) is 24.1. The first-order valence-electron chi connectivity index (χ1n) is 24.1. The Balaban J connectivity index is 1.14. The molecule has 5 aliphatic heterocycles. The van der Waals surface area contributed by atoms with E-state index >= 15 is 0 Å². The van der Waals surface area contributed by atoms with Gasteiger partial charge in [0.05, 0.1) is 118 Å². The van der Waals surface area contributed by atoms with E-state index in [4.69, 9.17) is 66.3 Å². The molecule has 5 aliphatic rings. The summed E-state index contributed by atoms with van der Waals surface area (Å²) in [4.78, 5) is 62.6. The highest BCUT2D eigenvalue weighted by molar-refractivity contribution is 5.76. The number of carbonyl (C=O) groups is 5. The molecule has 5 rings (SSSR count). The van der Waals surface area contributed by atoms with E-state index in [0.29, 0.717) is 0 Å². The molecule has 0 bridgehead atoms. The molecule has 5 fully saturated rings. The zero-order valence-corrected chi connectivity index (χ0v) is 42.1. The van der Waals surface area contributed by atoms with Crippen molar-refractivity contribution in [2.24, 2.45) is 29.6 Å². The first-order chi connectivity index (χ1) is 36.1. The Morgan fingerprint density at radius 1 is 0.303 bits per heavy atom. The van der Waals surface area contributed by atoms with Crippen molar-refractivity contribution in [2.75, 3.05) is 102 Å². The second-order valence-corrected chi connectivity index (χ2v) is 19.0. The van der Waals surface area contributed by atoms with Crippen molar-refractivity contribution in [3.63, 3.8) is 0 Å². The fourth-order valence-corrected chi connectivity index (χ4v) is 9.89. The Morgan fingerprint density at radius 3 is 0.737 bits per heavy atom. The number of aliphatic hydroxyl groups excluding tert-OH is 10. The van der Waals surface area contributed by atoms with Gasteiger partial charge < -0.3 is 128 Å². The van der Waals surface area contributed by atoms with Gasteiger partial charge in [0.1, 0.15) is 61.0 Å². The van der Waals surface area contributed by atoms with E-state index in [1.54, 1.807) is 0 Å². The normalized spacial score (nSPS) is 41.9. The lowest BCUT2D eigenvalue weighted by molar-refractivity contribution is -0.249. The van der Waals surface area contributed by atoms with Gasteiger partial charge in [0.25, 0.3) is 0 Å². The van der Waals surface area contributed by atoms with Crippen LogP contribution in [0, 0.1) is 29.6 Å². The van der Waals surface area contributed by atoms with Crippen LogP contribution < -0.4 is 0 Å². The lowest BCUT2D eigenvalue weighted by atomic mass is 9.86. The third-order valence-corrected chi connectivity index (χ3v) is 14.2. The standard InChI is InChI=1S/C45H72O31/c1-63-6-16-26(46)33(53)23(74-38(16)43(60)65-3)13-69-8-18-28(48)32(52)22(73-37(18)42(58)59)12-70-9-19-29(49)35(55)25(76-39(19)44(61)66-4)15-71-10-20-30(50)34(54)24(75-40(20)45(62)67-5)14-68-7-17-27(47)31(51)21(11-64-2)72-36(17)41(56)57/h16-40,46-55H,6-15H2,1-5H3,(H,56,57)(H,58,59). The highest BCUT2D eigenvalue weighted by atomic mass is 16.6. The number of carbonyl (C=O) groups excluding carboxylic acids is 3. The van der Waals surface area contributed by atoms with Gasteiger partial charge in [-0.2, -0.15) is 0 Å². The number of carboxylic acid groups (broad SMARTS) is 2. The molecule has 438 valence electrons. The van der Waals surface area contributed by atoms with Gasteiger partial charge >= 0.3 is 29.8 Å². The third-order valence-electron chi connectivity index (χ3n) is 14.2. The van der Waals surface area contributed by atoms with Crippen LogP contribution >= 0.6 is 0 Å².